The van der Waals surface area contributed by atoms with E-state index in [-0.39, 0.29) is 0 Å². The van der Waals surface area contributed by atoms with Gasteiger partial charge < -0.3 is 9.47 Å². The molecular formula is C13H18BrNO3. The summed E-state index contributed by atoms with van der Waals surface area (Å²) in [5.41, 5.74) is 0.938. The SMILES string of the molecule is COc1cc(CON)c(Br)cc1OC1CCCC1. The second-order valence-corrected chi connectivity index (χ2v) is 5.28. The fourth-order valence-electron chi connectivity index (χ4n) is 2.22. The largest absolute Gasteiger partial charge is 0.493 e. The van der Waals surface area contributed by atoms with E-state index in [1.165, 1.54) is 12.8 Å². The van der Waals surface area contributed by atoms with Gasteiger partial charge >= 0.3 is 0 Å². The van der Waals surface area contributed by atoms with E-state index in [2.05, 4.69) is 20.8 Å². The van der Waals surface area contributed by atoms with E-state index < -0.39 is 0 Å². The van der Waals surface area contributed by atoms with Crippen LogP contribution in [0, 0.1) is 0 Å². The number of rotatable bonds is 5. The Labute approximate surface area is 115 Å². The molecule has 2 rings (SSSR count). The van der Waals surface area contributed by atoms with Gasteiger partial charge in [0.05, 0.1) is 19.8 Å². The molecule has 0 atom stereocenters. The molecule has 0 unspecified atom stereocenters. The molecule has 2 N–H and O–H groups in total. The minimum Gasteiger partial charge on any atom is -0.493 e. The third-order valence-electron chi connectivity index (χ3n) is 3.17. The van der Waals surface area contributed by atoms with Gasteiger partial charge in [0.15, 0.2) is 11.5 Å². The Morgan fingerprint density at radius 1 is 1.28 bits per heavy atom. The smallest absolute Gasteiger partial charge is 0.162 e. The van der Waals surface area contributed by atoms with Crippen LogP contribution in [-0.4, -0.2) is 13.2 Å². The number of halogens is 1. The molecule has 0 radical (unpaired) electrons. The van der Waals surface area contributed by atoms with E-state index in [4.69, 9.17) is 15.4 Å². The highest BCUT2D eigenvalue weighted by Gasteiger charge is 2.19. The molecule has 100 valence electrons. The molecule has 1 aliphatic rings. The van der Waals surface area contributed by atoms with Gasteiger partial charge in [0.25, 0.3) is 0 Å². The van der Waals surface area contributed by atoms with Crippen molar-refractivity contribution in [2.75, 3.05) is 7.11 Å². The van der Waals surface area contributed by atoms with Gasteiger partial charge in [0.1, 0.15) is 0 Å². The number of hydrogen-bond acceptors (Lipinski definition) is 4. The van der Waals surface area contributed by atoms with Crippen LogP contribution in [0.4, 0.5) is 0 Å². The summed E-state index contributed by atoms with van der Waals surface area (Å²) in [6.45, 7) is 0.334. The summed E-state index contributed by atoms with van der Waals surface area (Å²) in [6, 6.07) is 3.81. The molecule has 0 aliphatic heterocycles. The molecule has 0 amide bonds. The van der Waals surface area contributed by atoms with Crippen molar-refractivity contribution in [3.63, 3.8) is 0 Å². The predicted octanol–water partition coefficient (Wildman–Crippen LogP) is 3.17. The van der Waals surface area contributed by atoms with Gasteiger partial charge in [0, 0.05) is 4.47 Å². The zero-order chi connectivity index (χ0) is 13.0. The van der Waals surface area contributed by atoms with Gasteiger partial charge in [0.2, 0.25) is 0 Å². The lowest BCUT2D eigenvalue weighted by atomic mass is 10.2. The molecule has 0 aromatic heterocycles. The standard InChI is InChI=1S/C13H18BrNO3/c1-16-12-6-9(8-17-15)11(14)7-13(12)18-10-4-2-3-5-10/h6-7,10H,2-5,8,15H2,1H3. The van der Waals surface area contributed by atoms with E-state index >= 15 is 0 Å². The summed E-state index contributed by atoms with van der Waals surface area (Å²) in [7, 11) is 1.64. The molecule has 0 bridgehead atoms. The van der Waals surface area contributed by atoms with Crippen molar-refractivity contribution >= 4 is 15.9 Å². The Balaban J connectivity index is 2.19. The van der Waals surface area contributed by atoms with Crippen LogP contribution in [0.15, 0.2) is 16.6 Å². The Bertz CT molecular complexity index is 405. The normalized spacial score (nSPS) is 15.9. The summed E-state index contributed by atoms with van der Waals surface area (Å²) in [6.07, 6.45) is 5.03. The van der Waals surface area contributed by atoms with Crippen molar-refractivity contribution < 1.29 is 14.3 Å². The summed E-state index contributed by atoms with van der Waals surface area (Å²) >= 11 is 3.49. The predicted molar refractivity (Wildman–Crippen MR) is 72.6 cm³/mol. The van der Waals surface area contributed by atoms with Gasteiger partial charge in [-0.3, -0.25) is 4.84 Å². The maximum absolute atomic E-state index is 5.98. The monoisotopic (exact) mass is 315 g/mol. The highest BCUT2D eigenvalue weighted by atomic mass is 79.9. The fourth-order valence-corrected chi connectivity index (χ4v) is 2.65. The second-order valence-electron chi connectivity index (χ2n) is 4.43. The summed E-state index contributed by atoms with van der Waals surface area (Å²) in [5, 5.41) is 0. The minimum absolute atomic E-state index is 0.308. The average Bonchev–Trinajstić information content (AvgIpc) is 2.85. The molecule has 1 aliphatic carbocycles. The van der Waals surface area contributed by atoms with Crippen molar-refractivity contribution in [3.8, 4) is 11.5 Å². The molecule has 0 heterocycles. The zero-order valence-corrected chi connectivity index (χ0v) is 12.0. The summed E-state index contributed by atoms with van der Waals surface area (Å²) in [4.78, 5) is 4.66. The van der Waals surface area contributed by atoms with Crippen molar-refractivity contribution in [3.05, 3.63) is 22.2 Å². The minimum atomic E-state index is 0.308. The molecule has 5 heteroatoms. The van der Waals surface area contributed by atoms with Crippen molar-refractivity contribution in [2.45, 2.75) is 38.4 Å². The maximum atomic E-state index is 5.98. The molecule has 0 spiro atoms. The lowest BCUT2D eigenvalue weighted by molar-refractivity contribution is 0.123. The molecule has 1 fully saturated rings. The fraction of sp³-hybridized carbons (Fsp3) is 0.538. The third kappa shape index (κ3) is 3.16. The van der Waals surface area contributed by atoms with Crippen molar-refractivity contribution in [2.24, 2.45) is 5.90 Å². The first-order valence-electron chi connectivity index (χ1n) is 6.09. The quantitative estimate of drug-likeness (QED) is 0.848. The van der Waals surface area contributed by atoms with Gasteiger partial charge in [-0.25, -0.2) is 5.90 Å². The molecule has 4 nitrogen and oxygen atoms in total. The lowest BCUT2D eigenvalue weighted by Crippen LogP contribution is -2.12. The van der Waals surface area contributed by atoms with Gasteiger partial charge in [-0.05, 0) is 43.4 Å². The molecule has 1 saturated carbocycles. The molecule has 1 aromatic rings. The Kier molecular flexibility index (Phi) is 4.86. The maximum Gasteiger partial charge on any atom is 0.162 e. The van der Waals surface area contributed by atoms with Crippen LogP contribution in [0.5, 0.6) is 11.5 Å². The summed E-state index contributed by atoms with van der Waals surface area (Å²) < 4.78 is 12.3. The number of benzene rings is 1. The molecule has 18 heavy (non-hydrogen) atoms. The van der Waals surface area contributed by atoms with E-state index in [1.807, 2.05) is 12.1 Å². The Morgan fingerprint density at radius 2 is 2.00 bits per heavy atom. The van der Waals surface area contributed by atoms with Gasteiger partial charge in [-0.15, -0.1) is 0 Å². The van der Waals surface area contributed by atoms with Gasteiger partial charge in [-0.2, -0.15) is 0 Å². The van der Waals surface area contributed by atoms with Crippen LogP contribution in [0.1, 0.15) is 31.2 Å². The zero-order valence-electron chi connectivity index (χ0n) is 10.4. The number of methoxy groups -OCH3 is 1. The highest BCUT2D eigenvalue weighted by molar-refractivity contribution is 9.10. The van der Waals surface area contributed by atoms with Crippen molar-refractivity contribution in [1.82, 2.24) is 0 Å². The van der Waals surface area contributed by atoms with Crippen LogP contribution in [0.25, 0.3) is 0 Å². The average molecular weight is 316 g/mol. The first-order chi connectivity index (χ1) is 8.74. The number of ether oxygens (including phenoxy) is 2. The van der Waals surface area contributed by atoms with Crippen LogP contribution < -0.4 is 15.4 Å². The van der Waals surface area contributed by atoms with Crippen LogP contribution in [-0.2, 0) is 11.4 Å². The van der Waals surface area contributed by atoms with E-state index in [0.29, 0.717) is 12.7 Å². The number of hydrogen-bond donors (Lipinski definition) is 1. The third-order valence-corrected chi connectivity index (χ3v) is 3.91. The first kappa shape index (κ1) is 13.6. The Morgan fingerprint density at radius 3 is 2.61 bits per heavy atom. The van der Waals surface area contributed by atoms with E-state index in [1.54, 1.807) is 7.11 Å². The first-order valence-corrected chi connectivity index (χ1v) is 6.88. The van der Waals surface area contributed by atoms with Crippen molar-refractivity contribution in [1.29, 1.82) is 0 Å². The second kappa shape index (κ2) is 6.41. The topological polar surface area (TPSA) is 53.7 Å². The Hall–Kier alpha value is -0.780. The summed E-state index contributed by atoms with van der Waals surface area (Å²) in [5.74, 6) is 6.59. The number of nitrogens with two attached hydrogens (primary N) is 1. The van der Waals surface area contributed by atoms with Crippen LogP contribution >= 0.6 is 15.9 Å². The van der Waals surface area contributed by atoms with Crippen LogP contribution in [0.2, 0.25) is 0 Å². The lowest BCUT2D eigenvalue weighted by Gasteiger charge is -2.17. The van der Waals surface area contributed by atoms with Gasteiger partial charge in [-0.1, -0.05) is 15.9 Å². The molecular weight excluding hydrogens is 298 g/mol. The molecule has 0 saturated heterocycles. The van der Waals surface area contributed by atoms with E-state index in [0.717, 1.165) is 34.4 Å². The molecule has 1 aromatic carbocycles. The van der Waals surface area contributed by atoms with Crippen LogP contribution in [0.3, 0.4) is 0 Å². The van der Waals surface area contributed by atoms with E-state index in [9.17, 15) is 0 Å². The highest BCUT2D eigenvalue weighted by Crippen LogP contribution is 2.36.